The number of anilines is 1. The molecule has 0 aliphatic carbocycles. The second-order valence-electron chi connectivity index (χ2n) is 7.94. The zero-order valence-electron chi connectivity index (χ0n) is 16.7. The molecule has 5 rings (SSSR count). The lowest BCUT2D eigenvalue weighted by atomic mass is 9.80. The van der Waals surface area contributed by atoms with E-state index in [0.29, 0.717) is 31.6 Å². The topological polar surface area (TPSA) is 92.3 Å². The maximum Gasteiger partial charge on any atom is 0.243 e. The molecular weight excluding hydrogens is 452 g/mol. The Morgan fingerprint density at radius 1 is 1.00 bits per heavy atom. The van der Waals surface area contributed by atoms with Crippen LogP contribution in [0.4, 0.5) is 5.69 Å². The molecule has 31 heavy (non-hydrogen) atoms. The summed E-state index contributed by atoms with van der Waals surface area (Å²) in [6.45, 7) is 2.51. The molecule has 2 aromatic carbocycles. The van der Waals surface area contributed by atoms with E-state index >= 15 is 0 Å². The van der Waals surface area contributed by atoms with Crippen LogP contribution in [0.15, 0.2) is 52.3 Å². The van der Waals surface area contributed by atoms with E-state index in [0.717, 1.165) is 20.4 Å². The normalized spacial score (nSPS) is 17.2. The Balaban J connectivity index is 1.29. The van der Waals surface area contributed by atoms with E-state index < -0.39 is 15.4 Å². The van der Waals surface area contributed by atoms with Gasteiger partial charge in [0.05, 0.1) is 36.3 Å². The number of hydrogen-bond acceptors (Lipinski definition) is 7. The molecule has 1 aliphatic rings. The number of hydrogen-bond donors (Lipinski definition) is 1. The number of benzene rings is 2. The maximum absolute atomic E-state index is 13.1. The molecule has 7 nitrogen and oxygen atoms in total. The third kappa shape index (κ3) is 3.73. The fourth-order valence-corrected chi connectivity index (χ4v) is 6.73. The second kappa shape index (κ2) is 7.63. The van der Waals surface area contributed by atoms with Gasteiger partial charge >= 0.3 is 0 Å². The van der Waals surface area contributed by atoms with Crippen LogP contribution in [-0.4, -0.2) is 41.7 Å². The van der Waals surface area contributed by atoms with Crippen LogP contribution in [0.1, 0.15) is 19.8 Å². The minimum Gasteiger partial charge on any atom is -0.326 e. The first-order valence-electron chi connectivity index (χ1n) is 9.83. The summed E-state index contributed by atoms with van der Waals surface area (Å²) in [7, 11) is -3.61. The molecule has 160 valence electrons. The first-order chi connectivity index (χ1) is 14.8. The van der Waals surface area contributed by atoms with E-state index in [1.54, 1.807) is 40.6 Å². The predicted octanol–water partition coefficient (Wildman–Crippen LogP) is 4.34. The quantitative estimate of drug-likeness (QED) is 0.477. The van der Waals surface area contributed by atoms with Gasteiger partial charge in [-0.3, -0.25) is 4.79 Å². The van der Waals surface area contributed by atoms with Crippen LogP contribution in [0.2, 0.25) is 0 Å². The predicted molar refractivity (Wildman–Crippen MR) is 124 cm³/mol. The number of carbonyl (C=O) groups is 1. The van der Waals surface area contributed by atoms with E-state index in [1.165, 1.54) is 15.6 Å². The number of carbonyl (C=O) groups excluding carboxylic acids is 1. The van der Waals surface area contributed by atoms with Gasteiger partial charge in [0.15, 0.2) is 0 Å². The zero-order chi connectivity index (χ0) is 21.6. The van der Waals surface area contributed by atoms with Crippen molar-refractivity contribution in [2.24, 2.45) is 5.41 Å². The Bertz CT molecular complexity index is 1390. The maximum atomic E-state index is 13.1. The van der Waals surface area contributed by atoms with Crippen molar-refractivity contribution in [3.05, 3.63) is 47.4 Å². The minimum absolute atomic E-state index is 0.0924. The van der Waals surface area contributed by atoms with Crippen LogP contribution < -0.4 is 5.32 Å². The number of nitrogens with one attached hydrogen (secondary N) is 1. The summed E-state index contributed by atoms with van der Waals surface area (Å²) in [5, 5.41) is 2.99. The Morgan fingerprint density at radius 3 is 2.48 bits per heavy atom. The average Bonchev–Trinajstić information content (AvgIpc) is 3.42. The number of rotatable bonds is 4. The van der Waals surface area contributed by atoms with Crippen molar-refractivity contribution in [1.29, 1.82) is 0 Å². The van der Waals surface area contributed by atoms with Gasteiger partial charge in [0, 0.05) is 24.2 Å². The van der Waals surface area contributed by atoms with Crippen LogP contribution >= 0.6 is 22.7 Å². The highest BCUT2D eigenvalue weighted by Crippen LogP contribution is 2.35. The lowest BCUT2D eigenvalue weighted by molar-refractivity contribution is -0.126. The van der Waals surface area contributed by atoms with E-state index in [9.17, 15) is 13.2 Å². The van der Waals surface area contributed by atoms with Gasteiger partial charge in [0.25, 0.3) is 0 Å². The van der Waals surface area contributed by atoms with Gasteiger partial charge < -0.3 is 5.32 Å². The fourth-order valence-electron chi connectivity index (χ4n) is 3.81. The molecule has 4 aromatic rings. The van der Waals surface area contributed by atoms with Gasteiger partial charge in [0.2, 0.25) is 15.9 Å². The first-order valence-corrected chi connectivity index (χ1v) is 13.0. The lowest BCUT2D eigenvalue weighted by Gasteiger charge is -2.37. The molecular formula is C21H20N4O3S3. The summed E-state index contributed by atoms with van der Waals surface area (Å²) in [5.74, 6) is -0.0924. The van der Waals surface area contributed by atoms with Gasteiger partial charge in [-0.1, -0.05) is 6.92 Å². The smallest absolute Gasteiger partial charge is 0.243 e. The highest BCUT2D eigenvalue weighted by Gasteiger charge is 2.40. The number of fused-ring (bicyclic) bond motifs is 2. The minimum atomic E-state index is -3.61. The third-order valence-electron chi connectivity index (χ3n) is 5.90. The summed E-state index contributed by atoms with van der Waals surface area (Å²) < 4.78 is 29.6. The Hall–Kier alpha value is -2.40. The van der Waals surface area contributed by atoms with Crippen LogP contribution in [0.3, 0.4) is 0 Å². The monoisotopic (exact) mass is 472 g/mol. The number of thiazole rings is 2. The highest BCUT2D eigenvalue weighted by atomic mass is 32.2. The number of nitrogens with zero attached hydrogens (tertiary/aromatic N) is 3. The summed E-state index contributed by atoms with van der Waals surface area (Å²) in [6, 6.07) is 10.7. The standard InChI is InChI=1S/C21H20N4O3S3/c1-21(20(26)24-14-2-5-18-17(10-14)23-13-29-18)6-8-25(9-7-21)31(27,28)15-3-4-16-19(11-15)30-12-22-16/h2-5,10-13H,6-9H2,1H3,(H,24,26). The molecule has 3 heterocycles. The molecule has 0 atom stereocenters. The molecule has 1 aliphatic heterocycles. The molecule has 0 spiro atoms. The van der Waals surface area contributed by atoms with Crippen LogP contribution in [0.5, 0.6) is 0 Å². The molecule has 0 bridgehead atoms. The van der Waals surface area contributed by atoms with Gasteiger partial charge in [-0.2, -0.15) is 4.31 Å². The zero-order valence-corrected chi connectivity index (χ0v) is 19.2. The first kappa shape index (κ1) is 20.5. The van der Waals surface area contributed by atoms with E-state index in [-0.39, 0.29) is 10.8 Å². The van der Waals surface area contributed by atoms with Gasteiger partial charge in [-0.25, -0.2) is 18.4 Å². The van der Waals surface area contributed by atoms with Gasteiger partial charge in [-0.15, -0.1) is 22.7 Å². The molecule has 10 heteroatoms. The van der Waals surface area contributed by atoms with Crippen molar-refractivity contribution in [2.75, 3.05) is 18.4 Å². The van der Waals surface area contributed by atoms with Crippen molar-refractivity contribution in [3.8, 4) is 0 Å². The Labute approximate surface area is 187 Å². The van der Waals surface area contributed by atoms with Crippen molar-refractivity contribution in [3.63, 3.8) is 0 Å². The average molecular weight is 473 g/mol. The number of aromatic nitrogens is 2. The van der Waals surface area contributed by atoms with E-state index in [2.05, 4.69) is 15.3 Å². The van der Waals surface area contributed by atoms with Crippen LogP contribution in [-0.2, 0) is 14.8 Å². The summed E-state index contributed by atoms with van der Waals surface area (Å²) in [4.78, 5) is 21.8. The Morgan fingerprint density at radius 2 is 1.71 bits per heavy atom. The largest absolute Gasteiger partial charge is 0.326 e. The van der Waals surface area contributed by atoms with Crippen molar-refractivity contribution in [2.45, 2.75) is 24.7 Å². The molecule has 0 radical (unpaired) electrons. The van der Waals surface area contributed by atoms with Crippen LogP contribution in [0, 0.1) is 5.41 Å². The second-order valence-corrected chi connectivity index (χ2v) is 11.6. The highest BCUT2D eigenvalue weighted by molar-refractivity contribution is 7.89. The third-order valence-corrected chi connectivity index (χ3v) is 9.40. The van der Waals surface area contributed by atoms with E-state index in [1.807, 2.05) is 25.1 Å². The number of piperidine rings is 1. The van der Waals surface area contributed by atoms with Gasteiger partial charge in [-0.05, 0) is 49.2 Å². The summed E-state index contributed by atoms with van der Waals surface area (Å²) >= 11 is 2.97. The molecule has 1 amide bonds. The molecule has 2 aromatic heterocycles. The number of sulfonamides is 1. The van der Waals surface area contributed by atoms with Crippen molar-refractivity contribution < 1.29 is 13.2 Å². The molecule has 1 N–H and O–H groups in total. The van der Waals surface area contributed by atoms with Gasteiger partial charge in [0.1, 0.15) is 0 Å². The van der Waals surface area contributed by atoms with Crippen LogP contribution in [0.25, 0.3) is 20.4 Å². The van der Waals surface area contributed by atoms with E-state index in [4.69, 9.17) is 0 Å². The van der Waals surface area contributed by atoms with Crippen molar-refractivity contribution in [1.82, 2.24) is 14.3 Å². The fraction of sp³-hybridized carbons (Fsp3) is 0.286. The molecule has 0 unspecified atom stereocenters. The Kier molecular flexibility index (Phi) is 5.04. The molecule has 0 saturated carbocycles. The lowest BCUT2D eigenvalue weighted by Crippen LogP contribution is -2.46. The number of amides is 1. The summed E-state index contributed by atoms with van der Waals surface area (Å²) in [6.07, 6.45) is 0.916. The summed E-state index contributed by atoms with van der Waals surface area (Å²) in [5.41, 5.74) is 5.20. The SMILES string of the molecule is CC1(C(=O)Nc2ccc3scnc3c2)CCN(S(=O)(=O)c2ccc3ncsc3c2)CC1. The molecule has 1 fully saturated rings. The molecule has 1 saturated heterocycles. The van der Waals surface area contributed by atoms with Crippen molar-refractivity contribution >= 4 is 64.7 Å².